The molecule has 0 aromatic heterocycles. The van der Waals surface area contributed by atoms with Gasteiger partial charge in [0.1, 0.15) is 5.60 Å². The third kappa shape index (κ3) is 4.59. The van der Waals surface area contributed by atoms with Gasteiger partial charge in [0.15, 0.2) is 0 Å². The molecule has 0 aliphatic carbocycles. The molecule has 6 heteroatoms. The summed E-state index contributed by atoms with van der Waals surface area (Å²) in [6, 6.07) is 7.40. The zero-order valence-corrected chi connectivity index (χ0v) is 15.2. The molecule has 1 aliphatic heterocycles. The summed E-state index contributed by atoms with van der Waals surface area (Å²) in [6.07, 6.45) is 0.568. The Hall–Kier alpha value is -1.31. The van der Waals surface area contributed by atoms with E-state index < -0.39 is 5.60 Å². The normalized spacial score (nSPS) is 17.6. The van der Waals surface area contributed by atoms with Gasteiger partial charge in [-0.05, 0) is 74.0 Å². The molecule has 1 unspecified atom stereocenters. The summed E-state index contributed by atoms with van der Waals surface area (Å²) >= 11 is 2.20. The lowest BCUT2D eigenvalue weighted by atomic mass is 10.0. The molecule has 0 spiro atoms. The number of nitrogens with zero attached hydrogens (tertiary/aromatic N) is 1. The number of likely N-dealkylation sites (tertiary alicyclic amines) is 1. The smallest absolute Gasteiger partial charge is 0.410 e. The van der Waals surface area contributed by atoms with E-state index in [1.807, 2.05) is 32.9 Å². The third-order valence-electron chi connectivity index (χ3n) is 3.38. The molecule has 1 heterocycles. The zero-order valence-electron chi connectivity index (χ0n) is 13.1. The van der Waals surface area contributed by atoms with Crippen LogP contribution >= 0.6 is 22.6 Å². The Kier molecular flexibility index (Phi) is 5.31. The number of benzene rings is 1. The van der Waals surface area contributed by atoms with Crippen molar-refractivity contribution in [2.75, 3.05) is 13.1 Å². The van der Waals surface area contributed by atoms with E-state index in [0.29, 0.717) is 18.7 Å². The standard InChI is InChI=1S/C16H21IN2O3/c1-16(2,3)22-15(21)19-9-8-13(19)10-18-14(20)11-4-6-12(17)7-5-11/h4-7,13H,8-10H2,1-3H3,(H,18,20). The molecule has 1 fully saturated rings. The van der Waals surface area contributed by atoms with Gasteiger partial charge < -0.3 is 15.0 Å². The fraction of sp³-hybridized carbons (Fsp3) is 0.500. The molecule has 1 atom stereocenters. The molecule has 1 aromatic carbocycles. The molecular formula is C16H21IN2O3. The summed E-state index contributed by atoms with van der Waals surface area (Å²) in [4.78, 5) is 25.7. The Bertz CT molecular complexity index is 552. The number of carbonyl (C=O) groups is 2. The van der Waals surface area contributed by atoms with E-state index in [1.165, 1.54) is 0 Å². The van der Waals surface area contributed by atoms with Crippen LogP contribution in [0.1, 0.15) is 37.6 Å². The van der Waals surface area contributed by atoms with E-state index in [0.717, 1.165) is 9.99 Å². The average Bonchev–Trinajstić information content (AvgIpc) is 2.35. The number of ether oxygens (including phenoxy) is 1. The quantitative estimate of drug-likeness (QED) is 0.771. The van der Waals surface area contributed by atoms with E-state index in [4.69, 9.17) is 4.74 Å². The fourth-order valence-electron chi connectivity index (χ4n) is 2.13. The third-order valence-corrected chi connectivity index (χ3v) is 4.10. The maximum Gasteiger partial charge on any atom is 0.410 e. The Labute approximate surface area is 144 Å². The van der Waals surface area contributed by atoms with E-state index in [1.54, 1.807) is 17.0 Å². The minimum Gasteiger partial charge on any atom is -0.444 e. The summed E-state index contributed by atoms with van der Waals surface area (Å²) < 4.78 is 6.44. The lowest BCUT2D eigenvalue weighted by Gasteiger charge is -2.41. The van der Waals surface area contributed by atoms with Crippen molar-refractivity contribution in [2.45, 2.75) is 38.8 Å². The topological polar surface area (TPSA) is 58.6 Å². The molecule has 0 bridgehead atoms. The summed E-state index contributed by atoms with van der Waals surface area (Å²) in [5.41, 5.74) is 0.130. The van der Waals surface area contributed by atoms with Crippen LogP contribution in [0, 0.1) is 3.57 Å². The molecule has 2 amide bonds. The van der Waals surface area contributed by atoms with Crippen LogP contribution in [0.15, 0.2) is 24.3 Å². The second kappa shape index (κ2) is 6.85. The molecule has 2 rings (SSSR count). The minimum atomic E-state index is -0.498. The van der Waals surface area contributed by atoms with Crippen molar-refractivity contribution in [1.82, 2.24) is 10.2 Å². The van der Waals surface area contributed by atoms with Gasteiger partial charge in [-0.15, -0.1) is 0 Å². The molecular weight excluding hydrogens is 395 g/mol. The predicted octanol–water partition coefficient (Wildman–Crippen LogP) is 3.03. The summed E-state index contributed by atoms with van der Waals surface area (Å²) in [5.74, 6) is -0.118. The Morgan fingerprint density at radius 2 is 1.95 bits per heavy atom. The largest absolute Gasteiger partial charge is 0.444 e. The second-order valence-corrected chi connectivity index (χ2v) is 7.58. The van der Waals surface area contributed by atoms with Crippen molar-refractivity contribution >= 4 is 34.6 Å². The molecule has 0 saturated carbocycles. The van der Waals surface area contributed by atoms with Crippen LogP contribution in [-0.4, -0.2) is 41.6 Å². The number of halogens is 1. The highest BCUT2D eigenvalue weighted by Gasteiger charge is 2.35. The van der Waals surface area contributed by atoms with Gasteiger partial charge in [-0.1, -0.05) is 0 Å². The number of nitrogens with one attached hydrogen (secondary N) is 1. The van der Waals surface area contributed by atoms with Crippen molar-refractivity contribution in [3.63, 3.8) is 0 Å². The highest BCUT2D eigenvalue weighted by molar-refractivity contribution is 14.1. The zero-order chi connectivity index (χ0) is 16.3. The van der Waals surface area contributed by atoms with Crippen molar-refractivity contribution in [3.05, 3.63) is 33.4 Å². The van der Waals surface area contributed by atoms with Gasteiger partial charge in [0.2, 0.25) is 0 Å². The van der Waals surface area contributed by atoms with Crippen LogP contribution in [0.4, 0.5) is 4.79 Å². The van der Waals surface area contributed by atoms with Crippen LogP contribution < -0.4 is 5.32 Å². The van der Waals surface area contributed by atoms with Crippen molar-refractivity contribution < 1.29 is 14.3 Å². The number of carbonyl (C=O) groups excluding carboxylic acids is 2. The average molecular weight is 416 g/mol. The van der Waals surface area contributed by atoms with Crippen LogP contribution in [-0.2, 0) is 4.74 Å². The SMILES string of the molecule is CC(C)(C)OC(=O)N1CCC1CNC(=O)c1ccc(I)cc1. The molecule has 1 N–H and O–H groups in total. The first-order valence-corrected chi connectivity index (χ1v) is 8.37. The maximum absolute atomic E-state index is 12.1. The lowest BCUT2D eigenvalue weighted by Crippen LogP contribution is -2.56. The molecule has 1 saturated heterocycles. The molecule has 5 nitrogen and oxygen atoms in total. The van der Waals surface area contributed by atoms with Gasteiger partial charge in [0.25, 0.3) is 5.91 Å². The summed E-state index contributed by atoms with van der Waals surface area (Å²) in [6.45, 7) is 6.66. The second-order valence-electron chi connectivity index (χ2n) is 6.33. The van der Waals surface area contributed by atoms with Crippen LogP contribution in [0.5, 0.6) is 0 Å². The highest BCUT2D eigenvalue weighted by Crippen LogP contribution is 2.20. The number of hydrogen-bond acceptors (Lipinski definition) is 3. The fourth-order valence-corrected chi connectivity index (χ4v) is 2.49. The number of hydrogen-bond donors (Lipinski definition) is 1. The first-order chi connectivity index (χ1) is 10.3. The summed E-state index contributed by atoms with van der Waals surface area (Å²) in [7, 11) is 0. The molecule has 1 aromatic rings. The van der Waals surface area contributed by atoms with Gasteiger partial charge in [-0.2, -0.15) is 0 Å². The molecule has 120 valence electrons. The summed E-state index contributed by atoms with van der Waals surface area (Å²) in [5, 5.41) is 2.88. The van der Waals surface area contributed by atoms with Gasteiger partial charge >= 0.3 is 6.09 Å². The molecule has 22 heavy (non-hydrogen) atoms. The Morgan fingerprint density at radius 1 is 1.32 bits per heavy atom. The van der Waals surface area contributed by atoms with Gasteiger partial charge in [0.05, 0.1) is 6.04 Å². The molecule has 0 radical (unpaired) electrons. The first-order valence-electron chi connectivity index (χ1n) is 7.29. The van der Waals surface area contributed by atoms with E-state index in [-0.39, 0.29) is 18.0 Å². The van der Waals surface area contributed by atoms with Crippen LogP contribution in [0.3, 0.4) is 0 Å². The van der Waals surface area contributed by atoms with Gasteiger partial charge in [-0.25, -0.2) is 4.79 Å². The van der Waals surface area contributed by atoms with Crippen LogP contribution in [0.2, 0.25) is 0 Å². The molecule has 1 aliphatic rings. The minimum absolute atomic E-state index is 0.0163. The predicted molar refractivity (Wildman–Crippen MR) is 92.8 cm³/mol. The monoisotopic (exact) mass is 416 g/mol. The van der Waals surface area contributed by atoms with Crippen LogP contribution in [0.25, 0.3) is 0 Å². The van der Waals surface area contributed by atoms with E-state index in [9.17, 15) is 9.59 Å². The highest BCUT2D eigenvalue weighted by atomic mass is 127. The number of rotatable bonds is 3. The van der Waals surface area contributed by atoms with E-state index in [2.05, 4.69) is 27.9 Å². The van der Waals surface area contributed by atoms with Crippen molar-refractivity contribution in [2.24, 2.45) is 0 Å². The Morgan fingerprint density at radius 3 is 2.45 bits per heavy atom. The maximum atomic E-state index is 12.1. The lowest BCUT2D eigenvalue weighted by molar-refractivity contribution is -0.00487. The van der Waals surface area contributed by atoms with Gasteiger partial charge in [0, 0.05) is 22.2 Å². The Balaban J connectivity index is 1.83. The van der Waals surface area contributed by atoms with Crippen molar-refractivity contribution in [3.8, 4) is 0 Å². The first kappa shape index (κ1) is 17.1. The van der Waals surface area contributed by atoms with Gasteiger partial charge in [-0.3, -0.25) is 4.79 Å². The van der Waals surface area contributed by atoms with Crippen molar-refractivity contribution in [1.29, 1.82) is 0 Å². The number of amides is 2. The van der Waals surface area contributed by atoms with E-state index >= 15 is 0 Å².